The molecule has 0 fully saturated rings. The average Bonchev–Trinajstić information content (AvgIpc) is 2.79. The van der Waals surface area contributed by atoms with Crippen molar-refractivity contribution in [2.45, 2.75) is 32.3 Å². The summed E-state index contributed by atoms with van der Waals surface area (Å²) in [6.45, 7) is 3.74. The van der Waals surface area contributed by atoms with E-state index in [4.69, 9.17) is 4.42 Å². The number of aryl methyl sites for hydroxylation is 1. The molecule has 1 aromatic carbocycles. The van der Waals surface area contributed by atoms with Gasteiger partial charge in [0, 0.05) is 13.0 Å². The zero-order valence-corrected chi connectivity index (χ0v) is 11.7. The Morgan fingerprint density at radius 2 is 2.11 bits per heavy atom. The van der Waals surface area contributed by atoms with E-state index in [0.29, 0.717) is 0 Å². The van der Waals surface area contributed by atoms with Gasteiger partial charge in [-0.05, 0) is 45.5 Å². The quantitative estimate of drug-likeness (QED) is 0.832. The van der Waals surface area contributed by atoms with Crippen LogP contribution in [-0.2, 0) is 6.42 Å². The van der Waals surface area contributed by atoms with Gasteiger partial charge in [-0.1, -0.05) is 12.1 Å². The van der Waals surface area contributed by atoms with E-state index in [0.717, 1.165) is 49.3 Å². The second kappa shape index (κ2) is 6.68. The van der Waals surface area contributed by atoms with Crippen LogP contribution in [0.4, 0.5) is 0 Å². The third-order valence-corrected chi connectivity index (χ3v) is 3.20. The lowest BCUT2D eigenvalue weighted by Gasteiger charge is -2.16. The van der Waals surface area contributed by atoms with Gasteiger partial charge in [0.25, 0.3) is 0 Å². The largest absolute Gasteiger partial charge is 0.441 e. The van der Waals surface area contributed by atoms with E-state index in [9.17, 15) is 5.11 Å². The van der Waals surface area contributed by atoms with Crippen molar-refractivity contribution in [3.63, 3.8) is 0 Å². The number of fused-ring (bicyclic) bond motifs is 1. The minimum atomic E-state index is -0.223. The molecule has 104 valence electrons. The van der Waals surface area contributed by atoms with Gasteiger partial charge in [-0.2, -0.15) is 0 Å². The van der Waals surface area contributed by atoms with Crippen LogP contribution in [0.1, 0.15) is 25.7 Å². The standard InChI is InChI=1S/C15H22N2O2/c1-12(18)9-11-17(2)10-5-8-15-16-13-6-3-4-7-14(13)19-15/h3-4,6-7,12,18H,5,8-11H2,1-2H3. The molecule has 4 nitrogen and oxygen atoms in total. The van der Waals surface area contributed by atoms with Crippen LogP contribution in [0.3, 0.4) is 0 Å². The Hall–Kier alpha value is -1.39. The summed E-state index contributed by atoms with van der Waals surface area (Å²) in [5.41, 5.74) is 1.79. The maximum Gasteiger partial charge on any atom is 0.195 e. The highest BCUT2D eigenvalue weighted by Crippen LogP contribution is 2.15. The molecule has 19 heavy (non-hydrogen) atoms. The molecule has 0 saturated carbocycles. The van der Waals surface area contributed by atoms with Crippen molar-refractivity contribution in [2.75, 3.05) is 20.1 Å². The van der Waals surface area contributed by atoms with Gasteiger partial charge in [0.05, 0.1) is 6.10 Å². The van der Waals surface area contributed by atoms with Gasteiger partial charge in [0.15, 0.2) is 11.5 Å². The van der Waals surface area contributed by atoms with E-state index < -0.39 is 0 Å². The van der Waals surface area contributed by atoms with Crippen LogP contribution < -0.4 is 0 Å². The number of hydrogen-bond acceptors (Lipinski definition) is 4. The lowest BCUT2D eigenvalue weighted by molar-refractivity contribution is 0.164. The van der Waals surface area contributed by atoms with Crippen molar-refractivity contribution in [1.29, 1.82) is 0 Å². The Morgan fingerprint density at radius 1 is 1.32 bits per heavy atom. The van der Waals surface area contributed by atoms with E-state index in [1.165, 1.54) is 0 Å². The second-order valence-corrected chi connectivity index (χ2v) is 5.12. The van der Waals surface area contributed by atoms with Gasteiger partial charge >= 0.3 is 0 Å². The van der Waals surface area contributed by atoms with Gasteiger partial charge < -0.3 is 14.4 Å². The third-order valence-electron chi connectivity index (χ3n) is 3.20. The van der Waals surface area contributed by atoms with Crippen LogP contribution >= 0.6 is 0 Å². The van der Waals surface area contributed by atoms with Crippen molar-refractivity contribution in [3.05, 3.63) is 30.2 Å². The zero-order chi connectivity index (χ0) is 13.7. The number of aliphatic hydroxyl groups is 1. The summed E-state index contributed by atoms with van der Waals surface area (Å²) in [6.07, 6.45) is 2.47. The van der Waals surface area contributed by atoms with E-state index in [1.54, 1.807) is 0 Å². The summed E-state index contributed by atoms with van der Waals surface area (Å²) in [5.74, 6) is 0.810. The van der Waals surface area contributed by atoms with Crippen molar-refractivity contribution in [1.82, 2.24) is 9.88 Å². The Kier molecular flexibility index (Phi) is 4.93. The van der Waals surface area contributed by atoms with Crippen LogP contribution in [0.15, 0.2) is 28.7 Å². The first-order valence-electron chi connectivity index (χ1n) is 6.86. The molecule has 0 aliphatic heterocycles. The Bertz CT molecular complexity index is 475. The fraction of sp³-hybridized carbons (Fsp3) is 0.533. The molecule has 0 amide bonds. The third kappa shape index (κ3) is 4.33. The molecule has 0 aliphatic carbocycles. The van der Waals surface area contributed by atoms with Crippen LogP contribution in [0.5, 0.6) is 0 Å². The molecule has 1 unspecified atom stereocenters. The normalized spacial score (nSPS) is 13.3. The molecular formula is C15H22N2O2. The van der Waals surface area contributed by atoms with Crippen LogP contribution in [0.2, 0.25) is 0 Å². The first-order valence-corrected chi connectivity index (χ1v) is 6.86. The van der Waals surface area contributed by atoms with E-state index in [-0.39, 0.29) is 6.10 Å². The first kappa shape index (κ1) is 14.0. The van der Waals surface area contributed by atoms with Crippen molar-refractivity contribution in [2.24, 2.45) is 0 Å². The van der Waals surface area contributed by atoms with E-state index >= 15 is 0 Å². The first-order chi connectivity index (χ1) is 9.15. The number of aromatic nitrogens is 1. The van der Waals surface area contributed by atoms with Crippen LogP contribution in [0, 0.1) is 0 Å². The Balaban J connectivity index is 1.76. The maximum atomic E-state index is 9.23. The average molecular weight is 262 g/mol. The molecule has 0 spiro atoms. The molecule has 1 aromatic heterocycles. The van der Waals surface area contributed by atoms with Gasteiger partial charge in [-0.25, -0.2) is 4.98 Å². The molecule has 2 rings (SSSR count). The fourth-order valence-corrected chi connectivity index (χ4v) is 2.05. The molecule has 0 aliphatic rings. The number of para-hydroxylation sites is 2. The molecule has 2 aromatic rings. The second-order valence-electron chi connectivity index (χ2n) is 5.12. The summed E-state index contributed by atoms with van der Waals surface area (Å²) in [7, 11) is 2.08. The molecule has 1 heterocycles. The van der Waals surface area contributed by atoms with Crippen LogP contribution in [-0.4, -0.2) is 41.2 Å². The predicted molar refractivity (Wildman–Crippen MR) is 76.1 cm³/mol. The summed E-state index contributed by atoms with van der Waals surface area (Å²) in [5, 5.41) is 9.23. The Morgan fingerprint density at radius 3 is 2.84 bits per heavy atom. The van der Waals surface area contributed by atoms with E-state index in [1.807, 2.05) is 31.2 Å². The smallest absolute Gasteiger partial charge is 0.195 e. The number of nitrogens with zero attached hydrogens (tertiary/aromatic N) is 2. The van der Waals surface area contributed by atoms with Crippen molar-refractivity contribution >= 4 is 11.1 Å². The zero-order valence-electron chi connectivity index (χ0n) is 11.7. The lowest BCUT2D eigenvalue weighted by atomic mass is 10.2. The molecule has 0 bridgehead atoms. The molecule has 1 atom stereocenters. The summed E-state index contributed by atoms with van der Waals surface area (Å²) in [6, 6.07) is 7.84. The highest BCUT2D eigenvalue weighted by Gasteiger charge is 2.06. The molecule has 0 radical (unpaired) electrons. The minimum Gasteiger partial charge on any atom is -0.441 e. The maximum absolute atomic E-state index is 9.23. The van der Waals surface area contributed by atoms with E-state index in [2.05, 4.69) is 16.9 Å². The van der Waals surface area contributed by atoms with Crippen LogP contribution in [0.25, 0.3) is 11.1 Å². The molecule has 1 N–H and O–H groups in total. The predicted octanol–water partition coefficient (Wildman–Crippen LogP) is 2.46. The lowest BCUT2D eigenvalue weighted by Crippen LogP contribution is -2.23. The summed E-state index contributed by atoms with van der Waals surface area (Å²) < 4.78 is 5.68. The number of hydrogen-bond donors (Lipinski definition) is 1. The van der Waals surface area contributed by atoms with Crippen molar-refractivity contribution in [3.8, 4) is 0 Å². The number of aliphatic hydroxyl groups excluding tert-OH is 1. The highest BCUT2D eigenvalue weighted by atomic mass is 16.3. The Labute approximate surface area is 114 Å². The topological polar surface area (TPSA) is 49.5 Å². The highest BCUT2D eigenvalue weighted by molar-refractivity contribution is 5.72. The summed E-state index contributed by atoms with van der Waals surface area (Å²) in [4.78, 5) is 6.69. The number of rotatable bonds is 7. The monoisotopic (exact) mass is 262 g/mol. The van der Waals surface area contributed by atoms with Crippen molar-refractivity contribution < 1.29 is 9.52 Å². The van der Waals surface area contributed by atoms with Gasteiger partial charge in [-0.15, -0.1) is 0 Å². The molecule has 4 heteroatoms. The molecule has 0 saturated heterocycles. The number of oxazole rings is 1. The van der Waals surface area contributed by atoms with Gasteiger partial charge in [-0.3, -0.25) is 0 Å². The summed E-state index contributed by atoms with van der Waals surface area (Å²) >= 11 is 0. The molecular weight excluding hydrogens is 240 g/mol. The van der Waals surface area contributed by atoms with Gasteiger partial charge in [0.2, 0.25) is 0 Å². The fourth-order valence-electron chi connectivity index (χ4n) is 2.05. The van der Waals surface area contributed by atoms with Gasteiger partial charge in [0.1, 0.15) is 5.52 Å². The SMILES string of the molecule is CC(O)CCN(C)CCCc1nc2ccccc2o1. The minimum absolute atomic E-state index is 0.223. The number of benzene rings is 1.